The number of carbonyl (C=O) groups is 1. The van der Waals surface area contributed by atoms with Crippen molar-refractivity contribution in [1.29, 1.82) is 0 Å². The molecule has 1 amide bonds. The summed E-state index contributed by atoms with van der Waals surface area (Å²) >= 11 is 5.89. The van der Waals surface area contributed by atoms with Crippen molar-refractivity contribution in [3.63, 3.8) is 0 Å². The van der Waals surface area contributed by atoms with Crippen LogP contribution in [0.25, 0.3) is 11.0 Å². The van der Waals surface area contributed by atoms with Crippen LogP contribution in [0.1, 0.15) is 25.6 Å². The topological polar surface area (TPSA) is 56.2 Å². The van der Waals surface area contributed by atoms with Gasteiger partial charge in [-0.15, -0.1) is 0 Å². The Kier molecular flexibility index (Phi) is 6.12. The molecule has 0 saturated carbocycles. The lowest BCUT2D eigenvalue weighted by atomic mass is 10.3. The van der Waals surface area contributed by atoms with Crippen LogP contribution in [-0.4, -0.2) is 22.1 Å². The number of rotatable bonds is 8. The number of para-hydroxylation sites is 2. The standard InChI is InChI=1S/C20H22ClN3O2/c1-2-5-20(25)22-14-19-23-17-6-3-4-7-18(17)24(19)12-13-26-16-10-8-15(21)9-11-16/h3-4,6-11H,2,5,12-14H2,1H3,(H,22,25). The lowest BCUT2D eigenvalue weighted by molar-refractivity contribution is -0.121. The lowest BCUT2D eigenvalue weighted by Gasteiger charge is -2.11. The SMILES string of the molecule is CCCC(=O)NCc1nc2ccccc2n1CCOc1ccc(Cl)cc1. The minimum Gasteiger partial charge on any atom is -0.492 e. The number of nitrogens with one attached hydrogen (secondary N) is 1. The Morgan fingerprint density at radius 1 is 1.19 bits per heavy atom. The number of nitrogens with zero attached hydrogens (tertiary/aromatic N) is 2. The van der Waals surface area contributed by atoms with Gasteiger partial charge < -0.3 is 14.6 Å². The third-order valence-electron chi connectivity index (χ3n) is 4.05. The number of hydrogen-bond donors (Lipinski definition) is 1. The molecule has 0 atom stereocenters. The van der Waals surface area contributed by atoms with Crippen molar-refractivity contribution in [2.45, 2.75) is 32.9 Å². The van der Waals surface area contributed by atoms with Crippen molar-refractivity contribution >= 4 is 28.5 Å². The zero-order valence-electron chi connectivity index (χ0n) is 14.7. The van der Waals surface area contributed by atoms with Gasteiger partial charge in [-0.25, -0.2) is 4.98 Å². The summed E-state index contributed by atoms with van der Waals surface area (Å²) in [7, 11) is 0. The first-order valence-electron chi connectivity index (χ1n) is 8.76. The van der Waals surface area contributed by atoms with Crippen molar-refractivity contribution in [2.75, 3.05) is 6.61 Å². The van der Waals surface area contributed by atoms with Crippen LogP contribution in [0.15, 0.2) is 48.5 Å². The predicted octanol–water partition coefficient (Wildman–Crippen LogP) is 4.19. The number of hydrogen-bond acceptors (Lipinski definition) is 3. The first-order valence-corrected chi connectivity index (χ1v) is 9.14. The summed E-state index contributed by atoms with van der Waals surface area (Å²) in [6, 6.07) is 15.3. The molecule has 0 unspecified atom stereocenters. The Morgan fingerprint density at radius 2 is 1.96 bits per heavy atom. The van der Waals surface area contributed by atoms with Crippen LogP contribution in [0.3, 0.4) is 0 Å². The Balaban J connectivity index is 1.71. The van der Waals surface area contributed by atoms with E-state index in [0.717, 1.165) is 29.0 Å². The highest BCUT2D eigenvalue weighted by molar-refractivity contribution is 6.30. The first kappa shape index (κ1) is 18.3. The molecule has 136 valence electrons. The summed E-state index contributed by atoms with van der Waals surface area (Å²) in [6.07, 6.45) is 1.36. The number of amides is 1. The minimum atomic E-state index is 0.0449. The van der Waals surface area contributed by atoms with Crippen LogP contribution in [0.2, 0.25) is 5.02 Å². The van der Waals surface area contributed by atoms with Crippen LogP contribution in [-0.2, 0) is 17.9 Å². The summed E-state index contributed by atoms with van der Waals surface area (Å²) in [5, 5.41) is 3.62. The molecule has 0 bridgehead atoms. The van der Waals surface area contributed by atoms with Gasteiger partial charge in [0.25, 0.3) is 0 Å². The average Bonchev–Trinajstić information content (AvgIpc) is 3.00. The van der Waals surface area contributed by atoms with E-state index in [2.05, 4.69) is 14.9 Å². The van der Waals surface area contributed by atoms with Crippen LogP contribution < -0.4 is 10.1 Å². The third kappa shape index (κ3) is 4.55. The van der Waals surface area contributed by atoms with E-state index in [0.29, 0.717) is 31.1 Å². The molecule has 3 rings (SSSR count). The fourth-order valence-electron chi connectivity index (χ4n) is 2.79. The first-order chi connectivity index (χ1) is 12.7. The van der Waals surface area contributed by atoms with E-state index in [4.69, 9.17) is 16.3 Å². The van der Waals surface area contributed by atoms with Crippen molar-refractivity contribution in [2.24, 2.45) is 0 Å². The molecule has 0 radical (unpaired) electrons. The van der Waals surface area contributed by atoms with Gasteiger partial charge in [-0.3, -0.25) is 4.79 Å². The summed E-state index contributed by atoms with van der Waals surface area (Å²) < 4.78 is 7.90. The number of aromatic nitrogens is 2. The van der Waals surface area contributed by atoms with E-state index in [-0.39, 0.29) is 5.91 Å². The van der Waals surface area contributed by atoms with Gasteiger partial charge in [0, 0.05) is 11.4 Å². The Bertz CT molecular complexity index is 874. The van der Waals surface area contributed by atoms with Gasteiger partial charge in [-0.1, -0.05) is 30.7 Å². The monoisotopic (exact) mass is 371 g/mol. The fourth-order valence-corrected chi connectivity index (χ4v) is 2.91. The van der Waals surface area contributed by atoms with Gasteiger partial charge in [0.1, 0.15) is 18.2 Å². The lowest BCUT2D eigenvalue weighted by Crippen LogP contribution is -2.24. The number of halogens is 1. The number of imidazole rings is 1. The Morgan fingerprint density at radius 3 is 2.73 bits per heavy atom. The van der Waals surface area contributed by atoms with Gasteiger partial charge in [-0.2, -0.15) is 0 Å². The van der Waals surface area contributed by atoms with Gasteiger partial charge in [0.15, 0.2) is 0 Å². The zero-order valence-corrected chi connectivity index (χ0v) is 15.5. The molecule has 3 aromatic rings. The molecule has 1 heterocycles. The maximum Gasteiger partial charge on any atom is 0.220 e. The van der Waals surface area contributed by atoms with Crippen molar-refractivity contribution < 1.29 is 9.53 Å². The van der Waals surface area contributed by atoms with Crippen LogP contribution in [0.4, 0.5) is 0 Å². The Hall–Kier alpha value is -2.53. The molecule has 0 aliphatic carbocycles. The average molecular weight is 372 g/mol. The van der Waals surface area contributed by atoms with Crippen molar-refractivity contribution in [1.82, 2.24) is 14.9 Å². The third-order valence-corrected chi connectivity index (χ3v) is 4.30. The van der Waals surface area contributed by atoms with E-state index < -0.39 is 0 Å². The molecule has 0 aliphatic rings. The minimum absolute atomic E-state index is 0.0449. The normalized spacial score (nSPS) is 10.8. The highest BCUT2D eigenvalue weighted by atomic mass is 35.5. The molecule has 0 saturated heterocycles. The highest BCUT2D eigenvalue weighted by Gasteiger charge is 2.11. The highest BCUT2D eigenvalue weighted by Crippen LogP contribution is 2.18. The molecular formula is C20H22ClN3O2. The second-order valence-corrected chi connectivity index (χ2v) is 6.43. The molecule has 2 aromatic carbocycles. The largest absolute Gasteiger partial charge is 0.492 e. The van der Waals surface area contributed by atoms with Gasteiger partial charge in [0.2, 0.25) is 5.91 Å². The smallest absolute Gasteiger partial charge is 0.220 e. The maximum atomic E-state index is 11.8. The van der Waals surface area contributed by atoms with Gasteiger partial charge >= 0.3 is 0 Å². The van der Waals surface area contributed by atoms with Gasteiger partial charge in [-0.05, 0) is 42.8 Å². The molecule has 26 heavy (non-hydrogen) atoms. The number of carbonyl (C=O) groups excluding carboxylic acids is 1. The molecule has 6 heteroatoms. The van der Waals surface area contributed by atoms with E-state index in [9.17, 15) is 4.79 Å². The fraction of sp³-hybridized carbons (Fsp3) is 0.300. The van der Waals surface area contributed by atoms with E-state index in [1.165, 1.54) is 0 Å². The van der Waals surface area contributed by atoms with Crippen LogP contribution in [0.5, 0.6) is 5.75 Å². The molecular weight excluding hydrogens is 350 g/mol. The second kappa shape index (κ2) is 8.72. The summed E-state index contributed by atoms with van der Waals surface area (Å²) in [5.74, 6) is 1.65. The molecule has 0 fully saturated rings. The Labute approximate surface area is 157 Å². The molecule has 1 aromatic heterocycles. The zero-order chi connectivity index (χ0) is 18.4. The number of ether oxygens (including phenoxy) is 1. The second-order valence-electron chi connectivity index (χ2n) is 6.00. The molecule has 0 spiro atoms. The van der Waals surface area contributed by atoms with Crippen LogP contribution >= 0.6 is 11.6 Å². The molecule has 1 N–H and O–H groups in total. The van der Waals surface area contributed by atoms with Crippen molar-refractivity contribution in [3.05, 3.63) is 59.4 Å². The maximum absolute atomic E-state index is 11.8. The summed E-state index contributed by atoms with van der Waals surface area (Å²) in [4.78, 5) is 16.4. The summed E-state index contributed by atoms with van der Waals surface area (Å²) in [6.45, 7) is 3.54. The molecule has 0 aliphatic heterocycles. The quantitative estimate of drug-likeness (QED) is 0.646. The van der Waals surface area contributed by atoms with E-state index in [1.807, 2.05) is 43.3 Å². The van der Waals surface area contributed by atoms with E-state index in [1.54, 1.807) is 12.1 Å². The predicted molar refractivity (Wildman–Crippen MR) is 103 cm³/mol. The number of benzene rings is 2. The van der Waals surface area contributed by atoms with E-state index >= 15 is 0 Å². The van der Waals surface area contributed by atoms with Crippen LogP contribution in [0, 0.1) is 0 Å². The number of fused-ring (bicyclic) bond motifs is 1. The molecule has 5 nitrogen and oxygen atoms in total. The van der Waals surface area contributed by atoms with Gasteiger partial charge in [0.05, 0.1) is 24.1 Å². The van der Waals surface area contributed by atoms with Crippen molar-refractivity contribution in [3.8, 4) is 5.75 Å². The summed E-state index contributed by atoms with van der Waals surface area (Å²) in [5.41, 5.74) is 1.95.